The van der Waals surface area contributed by atoms with Crippen LogP contribution in [0.25, 0.3) is 10.9 Å². The van der Waals surface area contributed by atoms with E-state index in [4.69, 9.17) is 0 Å². The highest BCUT2D eigenvalue weighted by atomic mass is 16.2. The van der Waals surface area contributed by atoms with Gasteiger partial charge in [0.05, 0.1) is 11.2 Å². The fourth-order valence-electron chi connectivity index (χ4n) is 3.78. The number of piperidine rings is 1. The molecule has 28 heavy (non-hydrogen) atoms. The molecule has 0 radical (unpaired) electrons. The van der Waals surface area contributed by atoms with E-state index in [0.717, 1.165) is 48.2 Å². The number of aryl methyl sites for hydroxylation is 2. The summed E-state index contributed by atoms with van der Waals surface area (Å²) >= 11 is 0. The standard InChI is InChI=1S/C24H27N3O/c1-16-10-12-27(13-11-16)24(28)23-15-22(19-6-4-5-7-20(19)25-23)26-21-14-17(2)8-9-18(21)3/h4-9,14-16H,10-13H2,1-3H3,(H,25,26). The second-order valence-corrected chi connectivity index (χ2v) is 7.99. The van der Waals surface area contributed by atoms with E-state index < -0.39 is 0 Å². The van der Waals surface area contributed by atoms with Crippen molar-refractivity contribution in [2.75, 3.05) is 18.4 Å². The highest BCUT2D eigenvalue weighted by molar-refractivity contribution is 6.00. The summed E-state index contributed by atoms with van der Waals surface area (Å²) in [5.41, 5.74) is 5.71. The Kier molecular flexibility index (Phi) is 5.03. The smallest absolute Gasteiger partial charge is 0.272 e. The van der Waals surface area contributed by atoms with Gasteiger partial charge in [-0.2, -0.15) is 0 Å². The van der Waals surface area contributed by atoms with Crippen molar-refractivity contribution in [1.82, 2.24) is 9.88 Å². The van der Waals surface area contributed by atoms with Gasteiger partial charge in [-0.05, 0) is 61.9 Å². The number of hydrogen-bond acceptors (Lipinski definition) is 3. The molecule has 1 N–H and O–H groups in total. The Morgan fingerprint density at radius 3 is 2.57 bits per heavy atom. The van der Waals surface area contributed by atoms with Gasteiger partial charge in [-0.3, -0.25) is 4.79 Å². The maximum absolute atomic E-state index is 13.1. The summed E-state index contributed by atoms with van der Waals surface area (Å²) in [5, 5.41) is 4.57. The van der Waals surface area contributed by atoms with Gasteiger partial charge in [-0.25, -0.2) is 4.98 Å². The molecule has 4 nitrogen and oxygen atoms in total. The van der Waals surface area contributed by atoms with Crippen LogP contribution in [0.4, 0.5) is 11.4 Å². The molecule has 4 rings (SSSR count). The number of aromatic nitrogens is 1. The lowest BCUT2D eigenvalue weighted by Crippen LogP contribution is -2.38. The minimum atomic E-state index is 0.0293. The summed E-state index contributed by atoms with van der Waals surface area (Å²) in [6.07, 6.45) is 2.12. The summed E-state index contributed by atoms with van der Waals surface area (Å²) in [6.45, 7) is 8.05. The van der Waals surface area contributed by atoms with E-state index in [9.17, 15) is 4.79 Å². The van der Waals surface area contributed by atoms with Crippen LogP contribution in [0, 0.1) is 19.8 Å². The quantitative estimate of drug-likeness (QED) is 0.662. The third-order valence-electron chi connectivity index (χ3n) is 5.67. The number of nitrogens with zero attached hydrogens (tertiary/aromatic N) is 2. The molecule has 1 aliphatic heterocycles. The van der Waals surface area contributed by atoms with E-state index >= 15 is 0 Å². The summed E-state index contributed by atoms with van der Waals surface area (Å²) < 4.78 is 0. The van der Waals surface area contributed by atoms with Crippen molar-refractivity contribution in [3.05, 3.63) is 65.4 Å². The zero-order valence-electron chi connectivity index (χ0n) is 16.8. The van der Waals surface area contributed by atoms with Crippen molar-refractivity contribution in [3.63, 3.8) is 0 Å². The van der Waals surface area contributed by atoms with Crippen LogP contribution in [-0.4, -0.2) is 28.9 Å². The number of rotatable bonds is 3. The van der Waals surface area contributed by atoms with Crippen molar-refractivity contribution >= 4 is 28.2 Å². The normalized spacial score (nSPS) is 15.0. The Morgan fingerprint density at radius 2 is 1.79 bits per heavy atom. The lowest BCUT2D eigenvalue weighted by atomic mass is 9.99. The molecule has 0 atom stereocenters. The van der Waals surface area contributed by atoms with Gasteiger partial charge >= 0.3 is 0 Å². The van der Waals surface area contributed by atoms with Crippen LogP contribution in [0.1, 0.15) is 41.4 Å². The first kappa shape index (κ1) is 18.5. The number of fused-ring (bicyclic) bond motifs is 1. The second kappa shape index (κ2) is 7.63. The molecule has 1 aliphatic rings. The van der Waals surface area contributed by atoms with E-state index in [0.29, 0.717) is 11.6 Å². The summed E-state index contributed by atoms with van der Waals surface area (Å²) in [7, 11) is 0. The van der Waals surface area contributed by atoms with Crippen molar-refractivity contribution in [2.24, 2.45) is 5.92 Å². The number of anilines is 2. The van der Waals surface area contributed by atoms with Crippen LogP contribution in [0.15, 0.2) is 48.5 Å². The van der Waals surface area contributed by atoms with Crippen molar-refractivity contribution in [2.45, 2.75) is 33.6 Å². The van der Waals surface area contributed by atoms with Gasteiger partial charge < -0.3 is 10.2 Å². The highest BCUT2D eigenvalue weighted by Gasteiger charge is 2.23. The number of likely N-dealkylation sites (tertiary alicyclic amines) is 1. The molecule has 0 aliphatic carbocycles. The molecule has 2 heterocycles. The van der Waals surface area contributed by atoms with Crippen molar-refractivity contribution in [1.29, 1.82) is 0 Å². The lowest BCUT2D eigenvalue weighted by Gasteiger charge is -2.30. The van der Waals surface area contributed by atoms with E-state index in [2.05, 4.69) is 49.3 Å². The van der Waals surface area contributed by atoms with Gasteiger partial charge in [-0.1, -0.05) is 37.3 Å². The molecular formula is C24H27N3O. The predicted octanol–water partition coefficient (Wildman–Crippen LogP) is 5.47. The molecule has 1 amide bonds. The number of nitrogens with one attached hydrogen (secondary N) is 1. The van der Waals surface area contributed by atoms with Gasteiger partial charge in [0.15, 0.2) is 0 Å². The molecule has 0 saturated carbocycles. The van der Waals surface area contributed by atoms with E-state index in [1.165, 1.54) is 11.1 Å². The van der Waals surface area contributed by atoms with Crippen molar-refractivity contribution < 1.29 is 4.79 Å². The summed E-state index contributed by atoms with van der Waals surface area (Å²) in [4.78, 5) is 19.7. The average Bonchev–Trinajstić information content (AvgIpc) is 2.70. The first-order valence-corrected chi connectivity index (χ1v) is 10.0. The number of hydrogen-bond donors (Lipinski definition) is 1. The molecule has 1 fully saturated rings. The number of pyridine rings is 1. The fraction of sp³-hybridized carbons (Fsp3) is 0.333. The van der Waals surface area contributed by atoms with E-state index in [1.807, 2.05) is 35.2 Å². The van der Waals surface area contributed by atoms with Crippen LogP contribution in [0.2, 0.25) is 0 Å². The van der Waals surface area contributed by atoms with Crippen LogP contribution in [0.5, 0.6) is 0 Å². The summed E-state index contributed by atoms with van der Waals surface area (Å²) in [5.74, 6) is 0.719. The molecule has 1 aromatic heterocycles. The van der Waals surface area contributed by atoms with E-state index in [1.54, 1.807) is 0 Å². The number of carbonyl (C=O) groups excluding carboxylic acids is 1. The highest BCUT2D eigenvalue weighted by Crippen LogP contribution is 2.29. The molecule has 0 bridgehead atoms. The van der Waals surface area contributed by atoms with Gasteiger partial charge in [0, 0.05) is 24.2 Å². The first-order chi connectivity index (χ1) is 13.5. The third kappa shape index (κ3) is 3.72. The Morgan fingerprint density at radius 1 is 1.04 bits per heavy atom. The Bertz CT molecular complexity index is 1020. The summed E-state index contributed by atoms with van der Waals surface area (Å²) in [6, 6.07) is 16.3. The Hall–Kier alpha value is -2.88. The van der Waals surface area contributed by atoms with E-state index in [-0.39, 0.29) is 5.91 Å². The van der Waals surface area contributed by atoms with Crippen LogP contribution in [-0.2, 0) is 0 Å². The van der Waals surface area contributed by atoms with Crippen LogP contribution < -0.4 is 5.32 Å². The molecule has 3 aromatic rings. The zero-order valence-corrected chi connectivity index (χ0v) is 16.8. The first-order valence-electron chi connectivity index (χ1n) is 10.0. The van der Waals surface area contributed by atoms with Gasteiger partial charge in [-0.15, -0.1) is 0 Å². The lowest BCUT2D eigenvalue weighted by molar-refractivity contribution is 0.0692. The Labute approximate surface area is 166 Å². The van der Waals surface area contributed by atoms with Crippen LogP contribution in [0.3, 0.4) is 0 Å². The monoisotopic (exact) mass is 373 g/mol. The van der Waals surface area contributed by atoms with Crippen LogP contribution >= 0.6 is 0 Å². The van der Waals surface area contributed by atoms with Crippen molar-refractivity contribution in [3.8, 4) is 0 Å². The predicted molar refractivity (Wildman–Crippen MR) is 115 cm³/mol. The maximum atomic E-state index is 13.1. The minimum Gasteiger partial charge on any atom is -0.355 e. The molecule has 4 heteroatoms. The average molecular weight is 374 g/mol. The molecule has 0 spiro atoms. The minimum absolute atomic E-state index is 0.0293. The SMILES string of the molecule is Cc1ccc(C)c(Nc2cc(C(=O)N3CCC(C)CC3)nc3ccccc23)c1. The number of para-hydroxylation sites is 1. The van der Waals surface area contributed by atoms with Gasteiger partial charge in [0.2, 0.25) is 0 Å². The topological polar surface area (TPSA) is 45.2 Å². The molecule has 1 saturated heterocycles. The van der Waals surface area contributed by atoms with Gasteiger partial charge in [0.1, 0.15) is 5.69 Å². The molecular weight excluding hydrogens is 346 g/mol. The molecule has 144 valence electrons. The maximum Gasteiger partial charge on any atom is 0.272 e. The second-order valence-electron chi connectivity index (χ2n) is 7.99. The third-order valence-corrected chi connectivity index (χ3v) is 5.67. The van der Waals surface area contributed by atoms with Gasteiger partial charge in [0.25, 0.3) is 5.91 Å². The zero-order chi connectivity index (χ0) is 19.7. The number of carbonyl (C=O) groups is 1. The molecule has 0 unspecified atom stereocenters. The Balaban J connectivity index is 1.73. The molecule has 2 aromatic carbocycles. The number of amides is 1. The largest absolute Gasteiger partial charge is 0.355 e. The fourth-order valence-corrected chi connectivity index (χ4v) is 3.78. The number of benzene rings is 2.